The molecule has 2 N–H and O–H groups in total. The van der Waals surface area contributed by atoms with Gasteiger partial charge in [0.25, 0.3) is 5.91 Å². The van der Waals surface area contributed by atoms with Gasteiger partial charge in [0, 0.05) is 28.7 Å². The number of hydrogen-bond acceptors (Lipinski definition) is 5. The van der Waals surface area contributed by atoms with Crippen LogP contribution in [0.15, 0.2) is 53.9 Å². The highest BCUT2D eigenvalue weighted by molar-refractivity contribution is 7.09. The summed E-state index contributed by atoms with van der Waals surface area (Å²) in [5, 5.41) is 8.57. The lowest BCUT2D eigenvalue weighted by Crippen LogP contribution is -2.13. The van der Waals surface area contributed by atoms with Crippen LogP contribution in [-0.4, -0.2) is 16.8 Å². The molecule has 144 valence electrons. The van der Waals surface area contributed by atoms with E-state index in [4.69, 9.17) is 4.74 Å². The lowest BCUT2D eigenvalue weighted by atomic mass is 10.2. The minimum Gasteiger partial charge on any atom is -0.487 e. The summed E-state index contributed by atoms with van der Waals surface area (Å²) in [4.78, 5) is 28.3. The fourth-order valence-electron chi connectivity index (χ4n) is 2.46. The number of carbonyl (C=O) groups excluding carboxylic acids is 2. The smallest absolute Gasteiger partial charge is 0.255 e. The van der Waals surface area contributed by atoms with Crippen molar-refractivity contribution < 1.29 is 14.3 Å². The number of rotatable bonds is 7. The van der Waals surface area contributed by atoms with E-state index in [-0.39, 0.29) is 11.8 Å². The Morgan fingerprint density at radius 3 is 2.43 bits per heavy atom. The van der Waals surface area contributed by atoms with Crippen LogP contribution in [0.5, 0.6) is 5.75 Å². The Morgan fingerprint density at radius 1 is 1.07 bits per heavy atom. The van der Waals surface area contributed by atoms with Gasteiger partial charge in [-0.2, -0.15) is 0 Å². The number of nitrogens with one attached hydrogen (secondary N) is 2. The second-order valence-electron chi connectivity index (χ2n) is 6.11. The Balaban J connectivity index is 1.58. The first kappa shape index (κ1) is 19.6. The van der Waals surface area contributed by atoms with Crippen molar-refractivity contribution in [1.29, 1.82) is 0 Å². The third-order valence-electron chi connectivity index (χ3n) is 3.90. The van der Waals surface area contributed by atoms with Crippen LogP contribution in [0.25, 0.3) is 0 Å². The van der Waals surface area contributed by atoms with E-state index in [0.717, 1.165) is 10.7 Å². The quantitative estimate of drug-likeness (QED) is 0.611. The van der Waals surface area contributed by atoms with E-state index >= 15 is 0 Å². The molecule has 2 aromatic carbocycles. The second kappa shape index (κ2) is 9.14. The molecule has 28 heavy (non-hydrogen) atoms. The highest BCUT2D eigenvalue weighted by Crippen LogP contribution is 2.19. The molecular formula is C21H21N3O3S. The summed E-state index contributed by atoms with van der Waals surface area (Å²) in [7, 11) is 0. The van der Waals surface area contributed by atoms with E-state index in [9.17, 15) is 9.59 Å². The average Bonchev–Trinajstić information content (AvgIpc) is 3.12. The van der Waals surface area contributed by atoms with E-state index in [0.29, 0.717) is 35.7 Å². The molecular weight excluding hydrogens is 374 g/mol. The van der Waals surface area contributed by atoms with Crippen LogP contribution < -0.4 is 15.4 Å². The summed E-state index contributed by atoms with van der Waals surface area (Å²) in [6.45, 7) is 4.13. The summed E-state index contributed by atoms with van der Waals surface area (Å²) in [5.74, 6) is 0.360. The first-order chi connectivity index (χ1) is 13.5. The van der Waals surface area contributed by atoms with Crippen LogP contribution in [0.2, 0.25) is 0 Å². The molecule has 0 spiro atoms. The molecule has 0 saturated heterocycles. The van der Waals surface area contributed by atoms with Gasteiger partial charge in [0.2, 0.25) is 5.91 Å². The van der Waals surface area contributed by atoms with E-state index in [2.05, 4.69) is 15.6 Å². The molecule has 0 aliphatic heterocycles. The summed E-state index contributed by atoms with van der Waals surface area (Å²) in [6, 6.07) is 14.0. The molecule has 6 nitrogen and oxygen atoms in total. The van der Waals surface area contributed by atoms with Gasteiger partial charge >= 0.3 is 0 Å². The summed E-state index contributed by atoms with van der Waals surface area (Å²) < 4.78 is 5.69. The number of carbonyl (C=O) groups is 2. The van der Waals surface area contributed by atoms with Gasteiger partial charge in [0.05, 0.1) is 10.7 Å². The minimum absolute atomic E-state index is 0.0770. The number of benzene rings is 2. The standard InChI is InChI=1S/C21H21N3O3S/c1-3-20(25)23-16-5-4-6-17(11-16)24-21(26)15-7-9-19(10-8-15)27-12-18-13-28-14(2)22-18/h4-11,13H,3,12H2,1-2H3,(H,23,25)(H,24,26). The summed E-state index contributed by atoms with van der Waals surface area (Å²) >= 11 is 1.58. The molecule has 1 aromatic heterocycles. The minimum atomic E-state index is -0.236. The largest absolute Gasteiger partial charge is 0.487 e. The van der Waals surface area contributed by atoms with Crippen LogP contribution in [0.3, 0.4) is 0 Å². The summed E-state index contributed by atoms with van der Waals surface area (Å²) in [6.07, 6.45) is 0.396. The molecule has 0 atom stereocenters. The van der Waals surface area contributed by atoms with Gasteiger partial charge in [0.15, 0.2) is 0 Å². The molecule has 3 rings (SSSR count). The Morgan fingerprint density at radius 2 is 1.79 bits per heavy atom. The Bertz CT molecular complexity index is 967. The number of ether oxygens (including phenoxy) is 1. The first-order valence-electron chi connectivity index (χ1n) is 8.88. The molecule has 2 amide bonds. The number of aryl methyl sites for hydroxylation is 1. The van der Waals surface area contributed by atoms with Crippen molar-refractivity contribution in [2.24, 2.45) is 0 Å². The zero-order valence-corrected chi connectivity index (χ0v) is 16.5. The van der Waals surface area contributed by atoms with Gasteiger partial charge in [-0.15, -0.1) is 11.3 Å². The number of anilines is 2. The van der Waals surface area contributed by atoms with Crippen molar-refractivity contribution in [1.82, 2.24) is 4.98 Å². The van der Waals surface area contributed by atoms with Crippen molar-refractivity contribution >= 4 is 34.5 Å². The number of thiazole rings is 1. The topological polar surface area (TPSA) is 80.3 Å². The van der Waals surface area contributed by atoms with Crippen LogP contribution in [-0.2, 0) is 11.4 Å². The van der Waals surface area contributed by atoms with Crippen molar-refractivity contribution in [3.63, 3.8) is 0 Å². The molecule has 0 fully saturated rings. The number of nitrogens with zero attached hydrogens (tertiary/aromatic N) is 1. The second-order valence-corrected chi connectivity index (χ2v) is 7.17. The maximum absolute atomic E-state index is 12.4. The van der Waals surface area contributed by atoms with Crippen molar-refractivity contribution in [2.45, 2.75) is 26.9 Å². The fourth-order valence-corrected chi connectivity index (χ4v) is 3.06. The van der Waals surface area contributed by atoms with Crippen LogP contribution in [0.1, 0.15) is 34.4 Å². The number of hydrogen-bond donors (Lipinski definition) is 2. The molecule has 0 radical (unpaired) electrons. The van der Waals surface area contributed by atoms with E-state index < -0.39 is 0 Å². The molecule has 0 aliphatic rings. The average molecular weight is 395 g/mol. The Kier molecular flexibility index (Phi) is 6.39. The zero-order chi connectivity index (χ0) is 19.9. The van der Waals surface area contributed by atoms with Crippen molar-refractivity contribution in [2.75, 3.05) is 10.6 Å². The molecule has 0 bridgehead atoms. The normalized spacial score (nSPS) is 10.4. The molecule has 1 heterocycles. The maximum Gasteiger partial charge on any atom is 0.255 e. The van der Waals surface area contributed by atoms with Crippen LogP contribution >= 0.6 is 11.3 Å². The lowest BCUT2D eigenvalue weighted by molar-refractivity contribution is -0.115. The molecule has 0 aliphatic carbocycles. The predicted octanol–water partition coefficient (Wildman–Crippen LogP) is 4.63. The lowest BCUT2D eigenvalue weighted by Gasteiger charge is -2.09. The van der Waals surface area contributed by atoms with Gasteiger partial charge in [-0.25, -0.2) is 4.98 Å². The highest BCUT2D eigenvalue weighted by Gasteiger charge is 2.08. The maximum atomic E-state index is 12.4. The van der Waals surface area contributed by atoms with Gasteiger partial charge in [-0.3, -0.25) is 9.59 Å². The number of amides is 2. The SMILES string of the molecule is CCC(=O)Nc1cccc(NC(=O)c2ccc(OCc3csc(C)n3)cc2)c1. The Labute approximate surface area is 167 Å². The molecule has 3 aromatic rings. The zero-order valence-electron chi connectivity index (χ0n) is 15.7. The fraction of sp³-hybridized carbons (Fsp3) is 0.190. The summed E-state index contributed by atoms with van der Waals surface area (Å²) in [5.41, 5.74) is 2.66. The third kappa shape index (κ3) is 5.40. The van der Waals surface area contributed by atoms with Crippen molar-refractivity contribution in [3.8, 4) is 5.75 Å². The van der Waals surface area contributed by atoms with Gasteiger partial charge in [-0.1, -0.05) is 13.0 Å². The molecule has 0 saturated carbocycles. The molecule has 7 heteroatoms. The molecule has 0 unspecified atom stereocenters. The number of aromatic nitrogens is 1. The van der Waals surface area contributed by atoms with Gasteiger partial charge in [-0.05, 0) is 49.4 Å². The van der Waals surface area contributed by atoms with E-state index in [1.165, 1.54) is 0 Å². The van der Waals surface area contributed by atoms with Gasteiger partial charge in [0.1, 0.15) is 12.4 Å². The first-order valence-corrected chi connectivity index (χ1v) is 9.76. The van der Waals surface area contributed by atoms with Gasteiger partial charge < -0.3 is 15.4 Å². The predicted molar refractivity (Wildman–Crippen MR) is 111 cm³/mol. The van der Waals surface area contributed by atoms with Crippen LogP contribution in [0.4, 0.5) is 11.4 Å². The third-order valence-corrected chi connectivity index (χ3v) is 4.72. The highest BCUT2D eigenvalue weighted by atomic mass is 32.1. The van der Waals surface area contributed by atoms with E-state index in [1.54, 1.807) is 66.8 Å². The van der Waals surface area contributed by atoms with Crippen LogP contribution in [0, 0.1) is 6.92 Å². The monoisotopic (exact) mass is 395 g/mol. The Hall–Kier alpha value is -3.19. The van der Waals surface area contributed by atoms with E-state index in [1.807, 2.05) is 12.3 Å². The van der Waals surface area contributed by atoms with Crippen molar-refractivity contribution in [3.05, 3.63) is 70.2 Å².